The van der Waals surface area contributed by atoms with E-state index in [0.717, 1.165) is 16.8 Å². The molecule has 3 rings (SSSR count). The van der Waals surface area contributed by atoms with Crippen molar-refractivity contribution in [2.45, 2.75) is 32.1 Å². The molecule has 0 atom stereocenters. The van der Waals surface area contributed by atoms with Crippen LogP contribution < -0.4 is 0 Å². The number of aromatic hydroxyl groups is 1. The molecule has 0 spiro atoms. The smallest absolute Gasteiger partial charge is 0.127 e. The number of rotatable bonds is 3. The Kier molecular flexibility index (Phi) is 3.55. The second kappa shape index (κ2) is 5.49. The van der Waals surface area contributed by atoms with E-state index in [4.69, 9.17) is 0 Å². The molecule has 20 heavy (non-hydrogen) atoms. The van der Waals surface area contributed by atoms with Crippen molar-refractivity contribution in [1.29, 1.82) is 0 Å². The van der Waals surface area contributed by atoms with Gasteiger partial charge in [0.1, 0.15) is 5.75 Å². The lowest BCUT2D eigenvalue weighted by Crippen LogP contribution is -2.09. The fourth-order valence-electron chi connectivity index (χ4n) is 2.62. The van der Waals surface area contributed by atoms with Crippen LogP contribution in [0.15, 0.2) is 47.5 Å². The van der Waals surface area contributed by atoms with Crippen molar-refractivity contribution in [3.05, 3.63) is 59.2 Å². The molecule has 2 aromatic rings. The summed E-state index contributed by atoms with van der Waals surface area (Å²) in [7, 11) is 0. The van der Waals surface area contributed by atoms with Crippen molar-refractivity contribution in [3.8, 4) is 5.75 Å². The number of aryl methyl sites for hydroxylation is 1. The third-order valence-corrected chi connectivity index (χ3v) is 3.97. The normalized spacial score (nSPS) is 15.4. The van der Waals surface area contributed by atoms with E-state index >= 15 is 0 Å². The Morgan fingerprint density at radius 3 is 2.55 bits per heavy atom. The maximum absolute atomic E-state index is 10.4. The van der Waals surface area contributed by atoms with Gasteiger partial charge in [0, 0.05) is 11.8 Å². The fraction of sp³-hybridized carbons (Fsp3) is 0.278. The molecule has 102 valence electrons. The van der Waals surface area contributed by atoms with Crippen LogP contribution in [0, 0.1) is 6.92 Å². The third-order valence-electron chi connectivity index (χ3n) is 3.97. The van der Waals surface area contributed by atoms with Crippen LogP contribution in [-0.4, -0.2) is 11.3 Å². The quantitative estimate of drug-likeness (QED) is 0.800. The third kappa shape index (κ3) is 2.60. The van der Waals surface area contributed by atoms with Crippen molar-refractivity contribution in [2.75, 3.05) is 0 Å². The minimum Gasteiger partial charge on any atom is -0.507 e. The summed E-state index contributed by atoms with van der Waals surface area (Å²) < 4.78 is 0. The van der Waals surface area contributed by atoms with Gasteiger partial charge in [-0.1, -0.05) is 30.7 Å². The van der Waals surface area contributed by atoms with Gasteiger partial charge in [0.25, 0.3) is 0 Å². The second-order valence-electron chi connectivity index (χ2n) is 5.51. The van der Waals surface area contributed by atoms with Crippen LogP contribution in [0.3, 0.4) is 0 Å². The van der Waals surface area contributed by atoms with Crippen LogP contribution in [0.2, 0.25) is 0 Å². The highest BCUT2D eigenvalue weighted by atomic mass is 16.3. The highest BCUT2D eigenvalue weighted by molar-refractivity contribution is 5.86. The molecule has 1 aliphatic carbocycles. The lowest BCUT2D eigenvalue weighted by Gasteiger charge is -2.27. The van der Waals surface area contributed by atoms with Gasteiger partial charge >= 0.3 is 0 Å². The molecule has 0 aliphatic heterocycles. The maximum atomic E-state index is 10.4. The summed E-state index contributed by atoms with van der Waals surface area (Å²) >= 11 is 0. The second-order valence-corrected chi connectivity index (χ2v) is 5.51. The molecule has 2 aromatic carbocycles. The number of hydrogen-bond acceptors (Lipinski definition) is 2. The molecule has 0 heterocycles. The van der Waals surface area contributed by atoms with Crippen molar-refractivity contribution in [3.63, 3.8) is 0 Å². The first-order valence-corrected chi connectivity index (χ1v) is 7.16. The van der Waals surface area contributed by atoms with Gasteiger partial charge in [-0.3, -0.25) is 4.99 Å². The standard InChI is InChI=1S/C18H19NO/c1-13-10-15(12-19-16-8-3-2-4-9-16)18(20)17(11-13)14-6-5-7-14/h2-4,8-12,14,20H,5-7H2,1H3. The predicted octanol–water partition coefficient (Wildman–Crippen LogP) is 4.72. The van der Waals surface area contributed by atoms with Gasteiger partial charge in [0.15, 0.2) is 0 Å². The number of para-hydroxylation sites is 1. The predicted molar refractivity (Wildman–Crippen MR) is 83.1 cm³/mol. The minimum absolute atomic E-state index is 0.403. The van der Waals surface area contributed by atoms with Crippen LogP contribution in [-0.2, 0) is 0 Å². The molecule has 1 aliphatic rings. The average molecular weight is 265 g/mol. The number of phenolic OH excluding ortho intramolecular Hbond substituents is 1. The highest BCUT2D eigenvalue weighted by Crippen LogP contribution is 2.41. The molecular weight excluding hydrogens is 246 g/mol. The number of phenols is 1. The molecule has 0 aromatic heterocycles. The fourth-order valence-corrected chi connectivity index (χ4v) is 2.62. The van der Waals surface area contributed by atoms with E-state index in [1.165, 1.54) is 24.8 Å². The van der Waals surface area contributed by atoms with Crippen molar-refractivity contribution in [2.24, 2.45) is 4.99 Å². The van der Waals surface area contributed by atoms with Crippen molar-refractivity contribution >= 4 is 11.9 Å². The van der Waals surface area contributed by atoms with E-state index in [1.54, 1.807) is 6.21 Å². The molecule has 0 bridgehead atoms. The number of hydrogen-bond donors (Lipinski definition) is 1. The summed E-state index contributed by atoms with van der Waals surface area (Å²) in [5.41, 5.74) is 3.99. The molecule has 0 amide bonds. The van der Waals surface area contributed by atoms with Crippen LogP contribution in [0.4, 0.5) is 5.69 Å². The Morgan fingerprint density at radius 1 is 1.15 bits per heavy atom. The van der Waals surface area contributed by atoms with Gasteiger partial charge < -0.3 is 5.11 Å². The van der Waals surface area contributed by atoms with E-state index in [0.29, 0.717) is 11.7 Å². The van der Waals surface area contributed by atoms with E-state index in [2.05, 4.69) is 18.0 Å². The Bertz CT molecular complexity index is 627. The summed E-state index contributed by atoms with van der Waals surface area (Å²) in [5.74, 6) is 0.929. The molecular formula is C18H19NO. The summed E-state index contributed by atoms with van der Waals surface area (Å²) in [4.78, 5) is 4.44. The first-order valence-electron chi connectivity index (χ1n) is 7.16. The summed E-state index contributed by atoms with van der Waals surface area (Å²) in [6.45, 7) is 2.07. The maximum Gasteiger partial charge on any atom is 0.127 e. The van der Waals surface area contributed by atoms with Crippen molar-refractivity contribution in [1.82, 2.24) is 0 Å². The minimum atomic E-state index is 0.403. The Labute approximate surface area is 119 Å². The Balaban J connectivity index is 1.93. The van der Waals surface area contributed by atoms with E-state index in [1.807, 2.05) is 36.4 Å². The topological polar surface area (TPSA) is 32.6 Å². The number of benzene rings is 2. The van der Waals surface area contributed by atoms with Crippen LogP contribution in [0.1, 0.15) is 41.9 Å². The highest BCUT2D eigenvalue weighted by Gasteiger charge is 2.23. The lowest BCUT2D eigenvalue weighted by atomic mass is 9.78. The molecule has 0 saturated heterocycles. The zero-order chi connectivity index (χ0) is 13.9. The summed E-state index contributed by atoms with van der Waals surface area (Å²) in [5, 5.41) is 10.4. The Morgan fingerprint density at radius 2 is 1.90 bits per heavy atom. The van der Waals surface area contributed by atoms with Gasteiger partial charge in [-0.25, -0.2) is 0 Å². The van der Waals surface area contributed by atoms with Crippen LogP contribution in [0.25, 0.3) is 0 Å². The first-order chi connectivity index (χ1) is 9.74. The van der Waals surface area contributed by atoms with Crippen LogP contribution in [0.5, 0.6) is 5.75 Å². The van der Waals surface area contributed by atoms with Gasteiger partial charge in [0.05, 0.1) is 5.69 Å². The molecule has 2 nitrogen and oxygen atoms in total. The van der Waals surface area contributed by atoms with Gasteiger partial charge in [-0.05, 0) is 55.0 Å². The molecule has 1 N–H and O–H groups in total. The van der Waals surface area contributed by atoms with E-state index in [-0.39, 0.29) is 0 Å². The van der Waals surface area contributed by atoms with Gasteiger partial charge in [-0.15, -0.1) is 0 Å². The molecule has 0 unspecified atom stereocenters. The van der Waals surface area contributed by atoms with Gasteiger partial charge in [0.2, 0.25) is 0 Å². The largest absolute Gasteiger partial charge is 0.507 e. The molecule has 1 saturated carbocycles. The van der Waals surface area contributed by atoms with E-state index < -0.39 is 0 Å². The van der Waals surface area contributed by atoms with Crippen molar-refractivity contribution < 1.29 is 5.11 Å². The molecule has 0 radical (unpaired) electrons. The lowest BCUT2D eigenvalue weighted by molar-refractivity contribution is 0.392. The van der Waals surface area contributed by atoms with Gasteiger partial charge in [-0.2, -0.15) is 0 Å². The number of aliphatic imine (C=N–C) groups is 1. The Hall–Kier alpha value is -2.09. The van der Waals surface area contributed by atoms with Crippen LogP contribution >= 0.6 is 0 Å². The SMILES string of the molecule is Cc1cc(C=Nc2ccccc2)c(O)c(C2CCC2)c1. The number of nitrogens with zero attached hydrogens (tertiary/aromatic N) is 1. The summed E-state index contributed by atoms with van der Waals surface area (Å²) in [6, 6.07) is 13.9. The first kappa shape index (κ1) is 12.9. The molecule has 2 heteroatoms. The monoisotopic (exact) mass is 265 g/mol. The zero-order valence-electron chi connectivity index (χ0n) is 11.7. The molecule has 1 fully saturated rings. The van der Waals surface area contributed by atoms with E-state index in [9.17, 15) is 5.11 Å². The average Bonchev–Trinajstić information content (AvgIpc) is 2.40. The summed E-state index contributed by atoms with van der Waals surface area (Å²) in [6.07, 6.45) is 5.41. The zero-order valence-corrected chi connectivity index (χ0v) is 11.7.